The molecule has 152 valence electrons. The molecule has 0 fully saturated rings. The molecular weight excluding hydrogens is 517 g/mol. The summed E-state index contributed by atoms with van der Waals surface area (Å²) in [5, 5.41) is 8.07. The van der Waals surface area contributed by atoms with Crippen LogP contribution >= 0.6 is 46.7 Å². The summed E-state index contributed by atoms with van der Waals surface area (Å²) in [5.74, 6) is 0.736. The van der Waals surface area contributed by atoms with E-state index in [0.717, 1.165) is 23.2 Å². The van der Waals surface area contributed by atoms with Crippen LogP contribution in [-0.2, 0) is 16.6 Å². The maximum absolute atomic E-state index is 12.4. The molecular formula is C16H26IN5O2S3. The van der Waals surface area contributed by atoms with Crippen molar-refractivity contribution in [1.29, 1.82) is 0 Å². The molecule has 0 aliphatic heterocycles. The highest BCUT2D eigenvalue weighted by molar-refractivity contribution is 14.0. The Morgan fingerprint density at radius 1 is 1.33 bits per heavy atom. The molecule has 2 heterocycles. The first-order valence-electron chi connectivity index (χ1n) is 8.25. The number of aryl methyl sites for hydroxylation is 1. The molecule has 0 saturated heterocycles. The van der Waals surface area contributed by atoms with E-state index < -0.39 is 10.0 Å². The molecule has 0 bridgehead atoms. The van der Waals surface area contributed by atoms with Gasteiger partial charge in [-0.3, -0.25) is 4.99 Å². The highest BCUT2D eigenvalue weighted by atomic mass is 127. The van der Waals surface area contributed by atoms with Crippen molar-refractivity contribution in [2.75, 3.05) is 33.7 Å². The van der Waals surface area contributed by atoms with Gasteiger partial charge in [-0.25, -0.2) is 13.4 Å². The topological polar surface area (TPSA) is 77.9 Å². The first-order chi connectivity index (χ1) is 12.3. The van der Waals surface area contributed by atoms with Crippen molar-refractivity contribution in [2.45, 2.75) is 24.6 Å². The van der Waals surface area contributed by atoms with Crippen molar-refractivity contribution in [3.8, 4) is 0 Å². The maximum Gasteiger partial charge on any atom is 0.252 e. The third-order valence-corrected chi connectivity index (χ3v) is 7.65. The summed E-state index contributed by atoms with van der Waals surface area (Å²) in [5.41, 5.74) is 0.998. The zero-order valence-electron chi connectivity index (χ0n) is 15.9. The van der Waals surface area contributed by atoms with Crippen LogP contribution in [0.25, 0.3) is 0 Å². The van der Waals surface area contributed by atoms with Crippen LogP contribution in [0.1, 0.15) is 17.6 Å². The number of nitrogens with zero attached hydrogens (tertiary/aromatic N) is 4. The normalized spacial score (nSPS) is 12.1. The van der Waals surface area contributed by atoms with Crippen LogP contribution in [0.2, 0.25) is 0 Å². The number of guanidine groups is 1. The van der Waals surface area contributed by atoms with Crippen molar-refractivity contribution in [1.82, 2.24) is 19.5 Å². The molecule has 0 spiro atoms. The summed E-state index contributed by atoms with van der Waals surface area (Å²) < 4.78 is 26.6. The molecule has 0 unspecified atom stereocenters. The molecule has 11 heteroatoms. The van der Waals surface area contributed by atoms with Crippen LogP contribution in [0.4, 0.5) is 0 Å². The van der Waals surface area contributed by atoms with E-state index in [1.807, 2.05) is 31.2 Å². The smallest absolute Gasteiger partial charge is 0.252 e. The second-order valence-corrected chi connectivity index (χ2v) is 9.99. The monoisotopic (exact) mass is 543 g/mol. The minimum Gasteiger partial charge on any atom is -0.357 e. The molecule has 1 N–H and O–H groups in total. The third kappa shape index (κ3) is 6.97. The molecule has 0 amide bonds. The number of halogens is 1. The van der Waals surface area contributed by atoms with Gasteiger partial charge < -0.3 is 10.2 Å². The number of likely N-dealkylation sites (N-methyl/N-ethyl adjacent to an activating group) is 1. The average molecular weight is 544 g/mol. The van der Waals surface area contributed by atoms with Gasteiger partial charge in [-0.15, -0.1) is 46.7 Å². The Morgan fingerprint density at radius 3 is 2.63 bits per heavy atom. The van der Waals surface area contributed by atoms with E-state index in [0.29, 0.717) is 23.8 Å². The summed E-state index contributed by atoms with van der Waals surface area (Å²) in [4.78, 5) is 11.0. The van der Waals surface area contributed by atoms with Crippen LogP contribution in [-0.4, -0.2) is 62.3 Å². The molecule has 0 aliphatic carbocycles. The van der Waals surface area contributed by atoms with Crippen molar-refractivity contribution in [3.63, 3.8) is 0 Å². The van der Waals surface area contributed by atoms with Crippen LogP contribution in [0.5, 0.6) is 0 Å². The second kappa shape index (κ2) is 11.3. The molecule has 2 aromatic rings. The number of hydrogen-bond donors (Lipinski definition) is 1. The molecule has 7 nitrogen and oxygen atoms in total. The van der Waals surface area contributed by atoms with E-state index in [1.54, 1.807) is 35.9 Å². The summed E-state index contributed by atoms with van der Waals surface area (Å²) in [7, 11) is 0.0974. The number of hydrogen-bond acceptors (Lipinski definition) is 6. The van der Waals surface area contributed by atoms with E-state index in [2.05, 4.69) is 15.3 Å². The Morgan fingerprint density at radius 2 is 2.07 bits per heavy atom. The van der Waals surface area contributed by atoms with E-state index in [1.165, 1.54) is 15.6 Å². The first kappa shape index (κ1) is 24.3. The SMILES string of the molecule is CCNC(=NCCN(C)S(=O)(=O)c1cccs1)N(C)Cc1csc(C)n1.I. The summed E-state index contributed by atoms with van der Waals surface area (Å²) >= 11 is 2.85. The van der Waals surface area contributed by atoms with Crippen LogP contribution < -0.4 is 5.32 Å². The third-order valence-electron chi connectivity index (χ3n) is 3.60. The lowest BCUT2D eigenvalue weighted by Crippen LogP contribution is -2.39. The number of sulfonamides is 1. The number of nitrogens with one attached hydrogen (secondary N) is 1. The summed E-state index contributed by atoms with van der Waals surface area (Å²) in [6.07, 6.45) is 0. The van der Waals surface area contributed by atoms with E-state index in [-0.39, 0.29) is 24.0 Å². The van der Waals surface area contributed by atoms with Gasteiger partial charge >= 0.3 is 0 Å². The molecule has 0 radical (unpaired) electrons. The molecule has 2 rings (SSSR count). The molecule has 2 aromatic heterocycles. The van der Waals surface area contributed by atoms with Gasteiger partial charge in [0.25, 0.3) is 10.0 Å². The van der Waals surface area contributed by atoms with Gasteiger partial charge in [0, 0.05) is 32.6 Å². The maximum atomic E-state index is 12.4. The van der Waals surface area contributed by atoms with Crippen LogP contribution in [0.3, 0.4) is 0 Å². The van der Waals surface area contributed by atoms with Crippen LogP contribution in [0.15, 0.2) is 32.1 Å². The first-order valence-corrected chi connectivity index (χ1v) is 11.4. The van der Waals surface area contributed by atoms with Gasteiger partial charge in [-0.05, 0) is 25.3 Å². The summed E-state index contributed by atoms with van der Waals surface area (Å²) in [6.45, 7) is 6.08. The highest BCUT2D eigenvalue weighted by Gasteiger charge is 2.21. The zero-order valence-corrected chi connectivity index (χ0v) is 20.7. The lowest BCUT2D eigenvalue weighted by atomic mass is 10.4. The number of thiazole rings is 1. The Bertz CT molecular complexity index is 821. The predicted octanol–water partition coefficient (Wildman–Crippen LogP) is 2.85. The molecule has 0 atom stereocenters. The van der Waals surface area contributed by atoms with E-state index >= 15 is 0 Å². The van der Waals surface area contributed by atoms with Crippen molar-refractivity contribution >= 4 is 62.6 Å². The van der Waals surface area contributed by atoms with Crippen LogP contribution in [0, 0.1) is 6.92 Å². The molecule has 0 aromatic carbocycles. The number of aliphatic imine (C=N–C) groups is 1. The molecule has 0 saturated carbocycles. The van der Waals surface area contributed by atoms with Crippen molar-refractivity contribution < 1.29 is 8.42 Å². The Kier molecular flexibility index (Phi) is 10.2. The minimum absolute atomic E-state index is 0. The van der Waals surface area contributed by atoms with Crippen molar-refractivity contribution in [3.05, 3.63) is 33.6 Å². The Balaban J connectivity index is 0.00000364. The zero-order chi connectivity index (χ0) is 19.2. The van der Waals surface area contributed by atoms with E-state index in [9.17, 15) is 8.42 Å². The fraction of sp³-hybridized carbons (Fsp3) is 0.500. The van der Waals surface area contributed by atoms with Gasteiger partial charge in [0.05, 0.1) is 23.8 Å². The lowest BCUT2D eigenvalue weighted by Gasteiger charge is -2.22. The number of thiophene rings is 1. The fourth-order valence-electron chi connectivity index (χ4n) is 2.25. The number of aromatic nitrogens is 1. The summed E-state index contributed by atoms with van der Waals surface area (Å²) in [6, 6.07) is 3.36. The predicted molar refractivity (Wildman–Crippen MR) is 124 cm³/mol. The van der Waals surface area contributed by atoms with Gasteiger partial charge in [-0.1, -0.05) is 6.07 Å². The quantitative estimate of drug-likeness (QED) is 0.315. The van der Waals surface area contributed by atoms with Gasteiger partial charge in [0.1, 0.15) is 4.21 Å². The average Bonchev–Trinajstić information content (AvgIpc) is 3.26. The minimum atomic E-state index is -3.43. The Hall–Kier alpha value is -0.760. The van der Waals surface area contributed by atoms with Crippen molar-refractivity contribution in [2.24, 2.45) is 4.99 Å². The van der Waals surface area contributed by atoms with Gasteiger partial charge in [0.2, 0.25) is 0 Å². The number of rotatable bonds is 8. The lowest BCUT2D eigenvalue weighted by molar-refractivity contribution is 0.460. The second-order valence-electron chi connectivity index (χ2n) is 5.71. The standard InChI is InChI=1S/C16H25N5O2S3.HI/c1-5-17-16(20(3)11-14-12-25-13(2)19-14)18-8-9-21(4)26(22,23)15-7-6-10-24-15;/h6-7,10,12H,5,8-9,11H2,1-4H3,(H,17,18);1H. The van der Waals surface area contributed by atoms with E-state index in [4.69, 9.17) is 0 Å². The van der Waals surface area contributed by atoms with Gasteiger partial charge in [-0.2, -0.15) is 4.31 Å². The van der Waals surface area contributed by atoms with Gasteiger partial charge in [0.15, 0.2) is 5.96 Å². The fourth-order valence-corrected chi connectivity index (χ4v) is 5.22. The molecule has 0 aliphatic rings. The Labute approximate surface area is 186 Å². The molecule has 27 heavy (non-hydrogen) atoms. The largest absolute Gasteiger partial charge is 0.357 e. The highest BCUT2D eigenvalue weighted by Crippen LogP contribution is 2.19.